The normalized spacial score (nSPS) is 16.4. The molecule has 0 aliphatic heterocycles. The van der Waals surface area contributed by atoms with E-state index in [1.54, 1.807) is 0 Å². The molecule has 0 heterocycles. The standard InChI is InChI=1S/C15H22N2O/c1-11-5-3-4-6-13(11)9-15(18)17(2)14(10-16)12-7-8-12/h3-6,12,14H,7-10,16H2,1-2H3. The number of hydrogen-bond donors (Lipinski definition) is 1. The van der Waals surface area contributed by atoms with Crippen LogP contribution >= 0.6 is 0 Å². The lowest BCUT2D eigenvalue weighted by molar-refractivity contribution is -0.131. The van der Waals surface area contributed by atoms with Crippen LogP contribution in [0.2, 0.25) is 0 Å². The summed E-state index contributed by atoms with van der Waals surface area (Å²) in [6, 6.07) is 8.28. The zero-order valence-electron chi connectivity index (χ0n) is 11.2. The van der Waals surface area contributed by atoms with Gasteiger partial charge in [0.05, 0.1) is 6.42 Å². The summed E-state index contributed by atoms with van der Waals surface area (Å²) >= 11 is 0. The highest BCUT2D eigenvalue weighted by Gasteiger charge is 2.34. The summed E-state index contributed by atoms with van der Waals surface area (Å²) in [7, 11) is 1.89. The van der Waals surface area contributed by atoms with E-state index in [1.165, 1.54) is 18.4 Å². The number of carbonyl (C=O) groups is 1. The van der Waals surface area contributed by atoms with Crippen LogP contribution in [-0.4, -0.2) is 30.4 Å². The third-order valence-electron chi connectivity index (χ3n) is 3.90. The first-order valence-corrected chi connectivity index (χ1v) is 6.63. The quantitative estimate of drug-likeness (QED) is 0.860. The van der Waals surface area contributed by atoms with Gasteiger partial charge in [0.25, 0.3) is 0 Å². The Bertz CT molecular complexity index is 426. The fourth-order valence-electron chi connectivity index (χ4n) is 2.43. The van der Waals surface area contributed by atoms with Crippen molar-refractivity contribution < 1.29 is 4.79 Å². The van der Waals surface area contributed by atoms with Gasteiger partial charge in [0.15, 0.2) is 0 Å². The lowest BCUT2D eigenvalue weighted by Crippen LogP contribution is -2.44. The first kappa shape index (κ1) is 13.1. The van der Waals surface area contributed by atoms with Crippen molar-refractivity contribution in [2.24, 2.45) is 11.7 Å². The maximum Gasteiger partial charge on any atom is 0.227 e. The second-order valence-corrected chi connectivity index (χ2v) is 5.25. The smallest absolute Gasteiger partial charge is 0.227 e. The molecule has 18 heavy (non-hydrogen) atoms. The second kappa shape index (κ2) is 5.53. The van der Waals surface area contributed by atoms with Crippen molar-refractivity contribution >= 4 is 5.91 Å². The van der Waals surface area contributed by atoms with Gasteiger partial charge >= 0.3 is 0 Å². The van der Waals surface area contributed by atoms with Crippen LogP contribution in [0.1, 0.15) is 24.0 Å². The van der Waals surface area contributed by atoms with Crippen molar-refractivity contribution in [1.82, 2.24) is 4.90 Å². The van der Waals surface area contributed by atoms with Gasteiger partial charge in [-0.15, -0.1) is 0 Å². The van der Waals surface area contributed by atoms with E-state index in [0.717, 1.165) is 5.56 Å². The fourth-order valence-corrected chi connectivity index (χ4v) is 2.43. The lowest BCUT2D eigenvalue weighted by Gasteiger charge is -2.27. The molecular weight excluding hydrogens is 224 g/mol. The van der Waals surface area contributed by atoms with E-state index in [0.29, 0.717) is 18.9 Å². The van der Waals surface area contributed by atoms with Crippen molar-refractivity contribution in [2.75, 3.05) is 13.6 Å². The average Bonchev–Trinajstić information content (AvgIpc) is 3.17. The monoisotopic (exact) mass is 246 g/mol. The molecule has 1 fully saturated rings. The number of hydrogen-bond acceptors (Lipinski definition) is 2. The molecule has 0 bridgehead atoms. The number of likely N-dealkylation sites (N-methyl/N-ethyl adjacent to an activating group) is 1. The molecule has 0 radical (unpaired) electrons. The summed E-state index contributed by atoms with van der Waals surface area (Å²) in [4.78, 5) is 14.1. The van der Waals surface area contributed by atoms with Gasteiger partial charge in [-0.05, 0) is 36.8 Å². The van der Waals surface area contributed by atoms with E-state index in [9.17, 15) is 4.79 Å². The first-order chi connectivity index (χ1) is 8.63. The third-order valence-corrected chi connectivity index (χ3v) is 3.90. The minimum atomic E-state index is 0.173. The molecule has 98 valence electrons. The Morgan fingerprint density at radius 1 is 1.44 bits per heavy atom. The third kappa shape index (κ3) is 2.91. The van der Waals surface area contributed by atoms with E-state index in [4.69, 9.17) is 5.73 Å². The fraction of sp³-hybridized carbons (Fsp3) is 0.533. The number of carbonyl (C=O) groups excluding carboxylic acids is 1. The number of amides is 1. The van der Waals surface area contributed by atoms with E-state index in [-0.39, 0.29) is 11.9 Å². The topological polar surface area (TPSA) is 46.3 Å². The Hall–Kier alpha value is -1.35. The van der Waals surface area contributed by atoms with Gasteiger partial charge in [0, 0.05) is 19.6 Å². The molecule has 1 aliphatic carbocycles. The van der Waals surface area contributed by atoms with Crippen LogP contribution in [0.4, 0.5) is 0 Å². The SMILES string of the molecule is Cc1ccccc1CC(=O)N(C)C(CN)C1CC1. The predicted octanol–water partition coefficient (Wildman–Crippen LogP) is 1.73. The Labute approximate surface area is 109 Å². The van der Waals surface area contributed by atoms with Gasteiger partial charge in [-0.25, -0.2) is 0 Å². The predicted molar refractivity (Wildman–Crippen MR) is 73.2 cm³/mol. The largest absolute Gasteiger partial charge is 0.341 e. The van der Waals surface area contributed by atoms with Crippen molar-refractivity contribution in [3.63, 3.8) is 0 Å². The molecule has 0 saturated heterocycles. The molecule has 1 aromatic rings. The Morgan fingerprint density at radius 3 is 2.67 bits per heavy atom. The van der Waals surface area contributed by atoms with E-state index >= 15 is 0 Å². The van der Waals surface area contributed by atoms with Crippen molar-refractivity contribution in [3.05, 3.63) is 35.4 Å². The number of rotatable bonds is 5. The minimum Gasteiger partial charge on any atom is -0.341 e. The average molecular weight is 246 g/mol. The number of nitrogens with zero attached hydrogens (tertiary/aromatic N) is 1. The van der Waals surface area contributed by atoms with Crippen molar-refractivity contribution in [3.8, 4) is 0 Å². The van der Waals surface area contributed by atoms with Crippen LogP contribution in [0.15, 0.2) is 24.3 Å². The molecule has 3 nitrogen and oxygen atoms in total. The summed E-state index contributed by atoms with van der Waals surface area (Å²) in [6.07, 6.45) is 2.90. The van der Waals surface area contributed by atoms with Crippen LogP contribution < -0.4 is 5.73 Å². The van der Waals surface area contributed by atoms with Crippen LogP contribution in [0, 0.1) is 12.8 Å². The van der Waals surface area contributed by atoms with E-state index in [1.807, 2.05) is 43.1 Å². The molecule has 3 heteroatoms. The second-order valence-electron chi connectivity index (χ2n) is 5.25. The molecule has 1 unspecified atom stereocenters. The van der Waals surface area contributed by atoms with Gasteiger partial charge in [0.1, 0.15) is 0 Å². The molecule has 0 aromatic heterocycles. The molecule has 0 spiro atoms. The minimum absolute atomic E-state index is 0.173. The number of benzene rings is 1. The lowest BCUT2D eigenvalue weighted by atomic mass is 10.0. The van der Waals surface area contributed by atoms with Crippen molar-refractivity contribution in [1.29, 1.82) is 0 Å². The molecular formula is C15H22N2O. The van der Waals surface area contributed by atoms with Crippen LogP contribution in [0.5, 0.6) is 0 Å². The van der Waals surface area contributed by atoms with Crippen LogP contribution in [0.25, 0.3) is 0 Å². The van der Waals surface area contributed by atoms with E-state index < -0.39 is 0 Å². The first-order valence-electron chi connectivity index (χ1n) is 6.63. The molecule has 1 aliphatic rings. The maximum atomic E-state index is 12.3. The molecule has 2 N–H and O–H groups in total. The van der Waals surface area contributed by atoms with Gasteiger partial charge in [-0.2, -0.15) is 0 Å². The Balaban J connectivity index is 2.00. The van der Waals surface area contributed by atoms with Gasteiger partial charge < -0.3 is 10.6 Å². The van der Waals surface area contributed by atoms with Crippen LogP contribution in [-0.2, 0) is 11.2 Å². The highest BCUT2D eigenvalue weighted by atomic mass is 16.2. The molecule has 1 atom stereocenters. The zero-order valence-corrected chi connectivity index (χ0v) is 11.2. The summed E-state index contributed by atoms with van der Waals surface area (Å²) in [5.41, 5.74) is 8.07. The summed E-state index contributed by atoms with van der Waals surface area (Å²) < 4.78 is 0. The zero-order chi connectivity index (χ0) is 13.1. The van der Waals surface area contributed by atoms with Crippen LogP contribution in [0.3, 0.4) is 0 Å². The van der Waals surface area contributed by atoms with Crippen molar-refractivity contribution in [2.45, 2.75) is 32.2 Å². The Kier molecular flexibility index (Phi) is 4.02. The van der Waals surface area contributed by atoms with Gasteiger partial charge in [0.2, 0.25) is 5.91 Å². The van der Waals surface area contributed by atoms with Gasteiger partial charge in [-0.3, -0.25) is 4.79 Å². The number of nitrogens with two attached hydrogens (primary N) is 1. The molecule has 1 aromatic carbocycles. The summed E-state index contributed by atoms with van der Waals surface area (Å²) in [6.45, 7) is 2.62. The molecule has 1 amide bonds. The molecule has 1 saturated carbocycles. The molecule has 2 rings (SSSR count). The summed E-state index contributed by atoms with van der Waals surface area (Å²) in [5, 5.41) is 0. The maximum absolute atomic E-state index is 12.3. The Morgan fingerprint density at radius 2 is 2.11 bits per heavy atom. The highest BCUT2D eigenvalue weighted by Crippen LogP contribution is 2.34. The van der Waals surface area contributed by atoms with E-state index in [2.05, 4.69) is 0 Å². The van der Waals surface area contributed by atoms with Gasteiger partial charge in [-0.1, -0.05) is 24.3 Å². The highest BCUT2D eigenvalue weighted by molar-refractivity contribution is 5.79. The summed E-state index contributed by atoms with van der Waals surface area (Å²) in [5.74, 6) is 0.799. The number of aryl methyl sites for hydroxylation is 1.